The smallest absolute Gasteiger partial charge is 0.196 e. The molecule has 90 valence electrons. The average Bonchev–Trinajstić information content (AvgIpc) is 2.91. The van der Waals surface area contributed by atoms with Gasteiger partial charge in [0.1, 0.15) is 22.5 Å². The second-order valence-corrected chi connectivity index (χ2v) is 4.14. The van der Waals surface area contributed by atoms with Gasteiger partial charge in [0, 0.05) is 6.07 Å². The minimum atomic E-state index is -0.0719. The number of benzene rings is 1. The van der Waals surface area contributed by atoms with Crippen molar-refractivity contribution in [2.45, 2.75) is 5.92 Å². The molecule has 0 radical (unpaired) electrons. The van der Waals surface area contributed by atoms with Crippen LogP contribution in [0.3, 0.4) is 0 Å². The number of rotatable bonds is 2. The van der Waals surface area contributed by atoms with E-state index in [-0.39, 0.29) is 11.3 Å². The first-order valence-corrected chi connectivity index (χ1v) is 5.75. The fraction of sp³-hybridized carbons (Fsp3) is 0.133. The normalized spacial score (nSPS) is 14.5. The maximum Gasteiger partial charge on any atom is 0.196 e. The molecule has 18 heavy (non-hydrogen) atoms. The van der Waals surface area contributed by atoms with Crippen LogP contribution in [0.25, 0.3) is 11.0 Å². The minimum absolute atomic E-state index is 0.0494. The summed E-state index contributed by atoms with van der Waals surface area (Å²) in [6, 6.07) is 6.89. The van der Waals surface area contributed by atoms with Gasteiger partial charge < -0.3 is 9.15 Å². The van der Waals surface area contributed by atoms with E-state index in [1.165, 1.54) is 6.07 Å². The molecule has 0 saturated heterocycles. The summed E-state index contributed by atoms with van der Waals surface area (Å²) < 4.78 is 11.0. The van der Waals surface area contributed by atoms with Crippen molar-refractivity contribution >= 4 is 11.0 Å². The molecule has 0 N–H and O–H groups in total. The van der Waals surface area contributed by atoms with E-state index in [1.54, 1.807) is 19.2 Å². The summed E-state index contributed by atoms with van der Waals surface area (Å²) in [7, 11) is 1.55. The quantitative estimate of drug-likeness (QED) is 0.810. The van der Waals surface area contributed by atoms with Gasteiger partial charge >= 0.3 is 0 Å². The minimum Gasteiger partial charge on any atom is -0.496 e. The van der Waals surface area contributed by atoms with E-state index in [0.29, 0.717) is 22.5 Å². The highest BCUT2D eigenvalue weighted by Crippen LogP contribution is 2.27. The highest BCUT2D eigenvalue weighted by Gasteiger charge is 2.14. The van der Waals surface area contributed by atoms with Crippen molar-refractivity contribution in [3.8, 4) is 5.75 Å². The Hall–Kier alpha value is -2.29. The first-order valence-electron chi connectivity index (χ1n) is 5.75. The summed E-state index contributed by atoms with van der Waals surface area (Å²) in [6.45, 7) is 0. The molecule has 0 unspecified atom stereocenters. The Morgan fingerprint density at radius 3 is 2.72 bits per heavy atom. The fourth-order valence-corrected chi connectivity index (χ4v) is 2.15. The third kappa shape index (κ3) is 1.64. The fourth-order valence-electron chi connectivity index (χ4n) is 2.15. The Labute approximate surface area is 104 Å². The molecule has 1 aliphatic rings. The van der Waals surface area contributed by atoms with Crippen molar-refractivity contribution in [2.24, 2.45) is 0 Å². The van der Waals surface area contributed by atoms with Crippen LogP contribution in [0, 0.1) is 0 Å². The molecule has 0 amide bonds. The molecule has 2 aromatic rings. The van der Waals surface area contributed by atoms with Gasteiger partial charge in [0.25, 0.3) is 0 Å². The van der Waals surface area contributed by atoms with E-state index in [9.17, 15) is 4.79 Å². The summed E-state index contributed by atoms with van der Waals surface area (Å²) in [6.07, 6.45) is 7.87. The van der Waals surface area contributed by atoms with Crippen LogP contribution in [0.2, 0.25) is 0 Å². The van der Waals surface area contributed by atoms with E-state index in [0.717, 1.165) is 0 Å². The topological polar surface area (TPSA) is 39.4 Å². The molecule has 3 rings (SSSR count). The predicted octanol–water partition coefficient (Wildman–Crippen LogP) is 3.01. The lowest BCUT2D eigenvalue weighted by atomic mass is 10.1. The summed E-state index contributed by atoms with van der Waals surface area (Å²) in [5.74, 6) is 1.25. The zero-order valence-corrected chi connectivity index (χ0v) is 9.92. The monoisotopic (exact) mass is 240 g/mol. The zero-order valence-electron chi connectivity index (χ0n) is 9.92. The molecule has 3 heteroatoms. The Morgan fingerprint density at radius 2 is 2.00 bits per heavy atom. The Bertz CT molecular complexity index is 695. The number of fused-ring (bicyclic) bond motifs is 1. The SMILES string of the molecule is COc1cccc2oc(C3C=CC=C3)cc(=O)c12. The lowest BCUT2D eigenvalue weighted by molar-refractivity contribution is 0.418. The Morgan fingerprint density at radius 1 is 1.22 bits per heavy atom. The second kappa shape index (κ2) is 4.18. The molecule has 1 aromatic heterocycles. The van der Waals surface area contributed by atoms with Crippen LogP contribution in [0.5, 0.6) is 5.75 Å². The number of hydrogen-bond donors (Lipinski definition) is 0. The van der Waals surface area contributed by atoms with Crippen LogP contribution in [-0.4, -0.2) is 7.11 Å². The van der Waals surface area contributed by atoms with Crippen LogP contribution in [-0.2, 0) is 0 Å². The third-order valence-electron chi connectivity index (χ3n) is 3.03. The molecular weight excluding hydrogens is 228 g/mol. The molecule has 0 bridgehead atoms. The van der Waals surface area contributed by atoms with Gasteiger partial charge in [0.05, 0.1) is 13.0 Å². The van der Waals surface area contributed by atoms with E-state index >= 15 is 0 Å². The van der Waals surface area contributed by atoms with Gasteiger partial charge in [-0.15, -0.1) is 0 Å². The summed E-state index contributed by atoms with van der Waals surface area (Å²) in [5.41, 5.74) is 0.489. The molecule has 0 saturated carbocycles. The van der Waals surface area contributed by atoms with Gasteiger partial charge in [0.15, 0.2) is 5.43 Å². The average molecular weight is 240 g/mol. The van der Waals surface area contributed by atoms with Gasteiger partial charge in [-0.1, -0.05) is 30.4 Å². The highest BCUT2D eigenvalue weighted by molar-refractivity contribution is 5.83. The molecule has 0 fully saturated rings. The van der Waals surface area contributed by atoms with Crippen LogP contribution in [0.15, 0.2) is 57.8 Å². The van der Waals surface area contributed by atoms with Crippen LogP contribution >= 0.6 is 0 Å². The zero-order chi connectivity index (χ0) is 12.5. The maximum absolute atomic E-state index is 12.1. The summed E-state index contributed by atoms with van der Waals surface area (Å²) >= 11 is 0. The van der Waals surface area contributed by atoms with Crippen LogP contribution in [0.1, 0.15) is 11.7 Å². The number of ether oxygens (including phenoxy) is 1. The standard InChI is InChI=1S/C15H12O3/c1-17-12-7-4-8-13-15(12)11(16)9-14(18-13)10-5-2-3-6-10/h2-10H,1H3. The first kappa shape index (κ1) is 10.8. The molecule has 0 atom stereocenters. The lowest BCUT2D eigenvalue weighted by Crippen LogP contribution is -2.05. The van der Waals surface area contributed by atoms with Gasteiger partial charge in [-0.25, -0.2) is 0 Å². The first-order chi connectivity index (χ1) is 8.79. The second-order valence-electron chi connectivity index (χ2n) is 4.14. The van der Waals surface area contributed by atoms with Gasteiger partial charge in [0.2, 0.25) is 0 Å². The number of hydrogen-bond acceptors (Lipinski definition) is 3. The lowest BCUT2D eigenvalue weighted by Gasteiger charge is -2.08. The molecule has 0 aliphatic heterocycles. The third-order valence-corrected chi connectivity index (χ3v) is 3.03. The molecule has 0 spiro atoms. The largest absolute Gasteiger partial charge is 0.496 e. The van der Waals surface area contributed by atoms with Crippen molar-refractivity contribution < 1.29 is 9.15 Å². The van der Waals surface area contributed by atoms with E-state index in [2.05, 4.69) is 0 Å². The maximum atomic E-state index is 12.1. The van der Waals surface area contributed by atoms with Crippen molar-refractivity contribution in [1.29, 1.82) is 0 Å². The van der Waals surface area contributed by atoms with Crippen molar-refractivity contribution in [3.63, 3.8) is 0 Å². The molecule has 1 aliphatic carbocycles. The van der Waals surface area contributed by atoms with E-state index < -0.39 is 0 Å². The molecular formula is C15H12O3. The highest BCUT2D eigenvalue weighted by atomic mass is 16.5. The van der Waals surface area contributed by atoms with E-state index in [1.807, 2.05) is 30.4 Å². The van der Waals surface area contributed by atoms with Gasteiger partial charge in [-0.05, 0) is 12.1 Å². The van der Waals surface area contributed by atoms with Crippen LogP contribution < -0.4 is 10.2 Å². The molecule has 1 heterocycles. The number of allylic oxidation sites excluding steroid dienone is 4. The van der Waals surface area contributed by atoms with Crippen LogP contribution in [0.4, 0.5) is 0 Å². The Kier molecular flexibility index (Phi) is 2.52. The van der Waals surface area contributed by atoms with E-state index in [4.69, 9.17) is 9.15 Å². The Balaban J connectivity index is 2.25. The molecule has 1 aromatic carbocycles. The van der Waals surface area contributed by atoms with Crippen molar-refractivity contribution in [1.82, 2.24) is 0 Å². The predicted molar refractivity (Wildman–Crippen MR) is 70.1 cm³/mol. The van der Waals surface area contributed by atoms with Crippen molar-refractivity contribution in [3.05, 3.63) is 64.6 Å². The number of methoxy groups -OCH3 is 1. The summed E-state index contributed by atoms with van der Waals surface area (Å²) in [5, 5.41) is 0.495. The van der Waals surface area contributed by atoms with Gasteiger partial charge in [-0.3, -0.25) is 4.79 Å². The summed E-state index contributed by atoms with van der Waals surface area (Å²) in [4.78, 5) is 12.1. The molecule has 3 nitrogen and oxygen atoms in total. The van der Waals surface area contributed by atoms with Crippen molar-refractivity contribution in [2.75, 3.05) is 7.11 Å². The van der Waals surface area contributed by atoms with Gasteiger partial charge in [-0.2, -0.15) is 0 Å².